The average molecular weight is 208 g/mol. The molecule has 2 aliphatic carbocycles. The monoisotopic (exact) mass is 208 g/mol. The second kappa shape index (κ2) is 3.05. The molecule has 1 amide bonds. The van der Waals surface area contributed by atoms with Crippen molar-refractivity contribution in [2.24, 2.45) is 17.8 Å². The van der Waals surface area contributed by atoms with E-state index in [0.717, 1.165) is 17.5 Å². The zero-order chi connectivity index (χ0) is 9.54. The van der Waals surface area contributed by atoms with E-state index in [1.54, 1.807) is 6.20 Å². The summed E-state index contributed by atoms with van der Waals surface area (Å²) >= 11 is 1.48. The van der Waals surface area contributed by atoms with Gasteiger partial charge in [0.15, 0.2) is 5.13 Å². The Morgan fingerprint density at radius 2 is 2.50 bits per heavy atom. The van der Waals surface area contributed by atoms with Crippen LogP contribution in [0.2, 0.25) is 0 Å². The van der Waals surface area contributed by atoms with Crippen LogP contribution >= 0.6 is 11.3 Å². The number of nitrogens with zero attached hydrogens (tertiary/aromatic N) is 1. The van der Waals surface area contributed by atoms with Gasteiger partial charge >= 0.3 is 0 Å². The highest BCUT2D eigenvalue weighted by atomic mass is 32.1. The number of hydrogen-bond acceptors (Lipinski definition) is 3. The number of amides is 1. The smallest absolute Gasteiger partial charge is 0.229 e. The van der Waals surface area contributed by atoms with E-state index >= 15 is 0 Å². The lowest BCUT2D eigenvalue weighted by Crippen LogP contribution is -2.22. The highest BCUT2D eigenvalue weighted by Crippen LogP contribution is 2.55. The molecular formula is C10H12N2OS. The summed E-state index contributed by atoms with van der Waals surface area (Å²) in [6, 6.07) is 0. The van der Waals surface area contributed by atoms with Crippen LogP contribution < -0.4 is 5.32 Å². The van der Waals surface area contributed by atoms with E-state index < -0.39 is 0 Å². The van der Waals surface area contributed by atoms with Crippen molar-refractivity contribution in [3.05, 3.63) is 11.6 Å². The number of anilines is 1. The summed E-state index contributed by atoms with van der Waals surface area (Å²) in [6.45, 7) is 0. The molecule has 14 heavy (non-hydrogen) atoms. The SMILES string of the molecule is O=C(Nc1nccs1)[C@@H]1CC[C@@H]2C[C@@H]21. The second-order valence-electron chi connectivity index (χ2n) is 4.17. The molecule has 1 aromatic rings. The fraction of sp³-hybridized carbons (Fsp3) is 0.600. The van der Waals surface area contributed by atoms with Crippen LogP contribution in [0.15, 0.2) is 11.6 Å². The maximum Gasteiger partial charge on any atom is 0.229 e. The van der Waals surface area contributed by atoms with Crippen molar-refractivity contribution in [3.63, 3.8) is 0 Å². The Labute approximate surface area is 86.5 Å². The Balaban J connectivity index is 1.65. The lowest BCUT2D eigenvalue weighted by Gasteiger charge is -2.09. The molecule has 3 rings (SSSR count). The zero-order valence-corrected chi connectivity index (χ0v) is 8.59. The lowest BCUT2D eigenvalue weighted by atomic mass is 10.0. The number of nitrogens with one attached hydrogen (secondary N) is 1. The van der Waals surface area contributed by atoms with E-state index in [9.17, 15) is 4.79 Å². The summed E-state index contributed by atoms with van der Waals surface area (Å²) in [4.78, 5) is 15.9. The molecule has 1 aromatic heterocycles. The van der Waals surface area contributed by atoms with Gasteiger partial charge < -0.3 is 5.32 Å². The summed E-state index contributed by atoms with van der Waals surface area (Å²) in [5, 5.41) is 5.50. The highest BCUT2D eigenvalue weighted by molar-refractivity contribution is 7.13. The number of rotatable bonds is 2. The minimum absolute atomic E-state index is 0.185. The minimum Gasteiger partial charge on any atom is -0.302 e. The standard InChI is InChI=1S/C10H12N2OS/c13-9(12-10-11-3-4-14-10)7-2-1-6-5-8(6)7/h3-4,6-8H,1-2,5H2,(H,11,12,13)/t6-,7-,8+/m1/s1. The molecule has 0 radical (unpaired) electrons. The Kier molecular flexibility index (Phi) is 1.83. The lowest BCUT2D eigenvalue weighted by molar-refractivity contribution is -0.120. The van der Waals surface area contributed by atoms with Crippen molar-refractivity contribution in [1.82, 2.24) is 4.98 Å². The highest BCUT2D eigenvalue weighted by Gasteiger charge is 2.50. The van der Waals surface area contributed by atoms with Crippen LogP contribution in [0.4, 0.5) is 5.13 Å². The Hall–Kier alpha value is -0.900. The van der Waals surface area contributed by atoms with Gasteiger partial charge in [-0.2, -0.15) is 0 Å². The van der Waals surface area contributed by atoms with E-state index in [2.05, 4.69) is 10.3 Å². The molecule has 0 aromatic carbocycles. The average Bonchev–Trinajstić information content (AvgIpc) is 2.66. The molecule has 0 saturated heterocycles. The van der Waals surface area contributed by atoms with Gasteiger partial charge in [0.05, 0.1) is 0 Å². The quantitative estimate of drug-likeness (QED) is 0.809. The summed E-state index contributed by atoms with van der Waals surface area (Å²) in [7, 11) is 0. The molecule has 1 heterocycles. The van der Waals surface area contributed by atoms with E-state index in [1.807, 2.05) is 5.38 Å². The van der Waals surface area contributed by atoms with E-state index in [1.165, 1.54) is 24.2 Å². The van der Waals surface area contributed by atoms with Crippen LogP contribution in [0, 0.1) is 17.8 Å². The molecule has 0 spiro atoms. The fourth-order valence-corrected chi connectivity index (χ4v) is 3.04. The van der Waals surface area contributed by atoms with Gasteiger partial charge in [0.25, 0.3) is 0 Å². The van der Waals surface area contributed by atoms with Crippen LogP contribution in [-0.4, -0.2) is 10.9 Å². The number of carbonyl (C=O) groups is 1. The minimum atomic E-state index is 0.185. The number of thiazole rings is 1. The van der Waals surface area contributed by atoms with Crippen molar-refractivity contribution in [2.45, 2.75) is 19.3 Å². The predicted molar refractivity (Wildman–Crippen MR) is 55.1 cm³/mol. The normalized spacial score (nSPS) is 33.9. The fourth-order valence-electron chi connectivity index (χ4n) is 2.51. The predicted octanol–water partition coefficient (Wildman–Crippen LogP) is 2.13. The molecule has 2 saturated carbocycles. The third kappa shape index (κ3) is 1.34. The molecular weight excluding hydrogens is 196 g/mol. The van der Waals surface area contributed by atoms with Crippen molar-refractivity contribution >= 4 is 22.4 Å². The molecule has 1 N–H and O–H groups in total. The number of fused-ring (bicyclic) bond motifs is 1. The molecule has 2 fully saturated rings. The first kappa shape index (κ1) is 8.41. The number of hydrogen-bond donors (Lipinski definition) is 1. The van der Waals surface area contributed by atoms with Crippen molar-refractivity contribution in [2.75, 3.05) is 5.32 Å². The molecule has 3 nitrogen and oxygen atoms in total. The zero-order valence-electron chi connectivity index (χ0n) is 7.77. The third-order valence-corrected chi connectivity index (χ3v) is 4.03. The van der Waals surface area contributed by atoms with Gasteiger partial charge in [-0.15, -0.1) is 11.3 Å². The van der Waals surface area contributed by atoms with Crippen LogP contribution in [0.25, 0.3) is 0 Å². The second-order valence-corrected chi connectivity index (χ2v) is 5.06. The number of aromatic nitrogens is 1. The first-order valence-corrected chi connectivity index (χ1v) is 5.93. The first-order valence-electron chi connectivity index (χ1n) is 5.05. The molecule has 3 atom stereocenters. The summed E-state index contributed by atoms with van der Waals surface area (Å²) < 4.78 is 0. The molecule has 74 valence electrons. The first-order chi connectivity index (χ1) is 6.84. The van der Waals surface area contributed by atoms with Gasteiger partial charge in [-0.1, -0.05) is 0 Å². The Morgan fingerprint density at radius 1 is 1.57 bits per heavy atom. The van der Waals surface area contributed by atoms with Crippen molar-refractivity contribution < 1.29 is 4.79 Å². The van der Waals surface area contributed by atoms with Crippen LogP contribution in [0.5, 0.6) is 0 Å². The summed E-state index contributed by atoms with van der Waals surface area (Å²) in [6.07, 6.45) is 5.32. The number of carbonyl (C=O) groups excluding carboxylic acids is 1. The largest absolute Gasteiger partial charge is 0.302 e. The Morgan fingerprint density at radius 3 is 3.07 bits per heavy atom. The molecule has 0 aliphatic heterocycles. The van der Waals surface area contributed by atoms with E-state index in [4.69, 9.17) is 0 Å². The molecule has 2 aliphatic rings. The van der Waals surface area contributed by atoms with Crippen LogP contribution in [0.3, 0.4) is 0 Å². The van der Waals surface area contributed by atoms with Crippen molar-refractivity contribution in [1.29, 1.82) is 0 Å². The van der Waals surface area contributed by atoms with Gasteiger partial charge in [-0.3, -0.25) is 4.79 Å². The molecule has 0 bridgehead atoms. The Bertz CT molecular complexity index is 349. The topological polar surface area (TPSA) is 42.0 Å². The van der Waals surface area contributed by atoms with Gasteiger partial charge in [0.1, 0.15) is 0 Å². The van der Waals surface area contributed by atoms with Crippen LogP contribution in [0.1, 0.15) is 19.3 Å². The molecule has 0 unspecified atom stereocenters. The maximum absolute atomic E-state index is 11.8. The maximum atomic E-state index is 11.8. The van der Waals surface area contributed by atoms with E-state index in [-0.39, 0.29) is 11.8 Å². The van der Waals surface area contributed by atoms with Crippen molar-refractivity contribution in [3.8, 4) is 0 Å². The van der Waals surface area contributed by atoms with Gasteiger partial charge in [-0.25, -0.2) is 4.98 Å². The molecule has 4 heteroatoms. The summed E-state index contributed by atoms with van der Waals surface area (Å²) in [5.74, 6) is 2.01. The van der Waals surface area contributed by atoms with E-state index in [0.29, 0.717) is 5.92 Å². The van der Waals surface area contributed by atoms with Crippen LogP contribution in [-0.2, 0) is 4.79 Å². The third-order valence-electron chi connectivity index (χ3n) is 3.34. The summed E-state index contributed by atoms with van der Waals surface area (Å²) in [5.41, 5.74) is 0. The van der Waals surface area contributed by atoms with Gasteiger partial charge in [0.2, 0.25) is 5.91 Å². The van der Waals surface area contributed by atoms with Gasteiger partial charge in [0, 0.05) is 17.5 Å². The van der Waals surface area contributed by atoms with Gasteiger partial charge in [-0.05, 0) is 31.1 Å².